The van der Waals surface area contributed by atoms with Crippen molar-refractivity contribution < 1.29 is 24.2 Å². The molecule has 0 spiro atoms. The first-order chi connectivity index (χ1) is 22.3. The molecule has 46 heavy (non-hydrogen) atoms. The molecule has 2 aliphatic rings. The minimum Gasteiger partial charge on any atom is -0.488 e. The molecule has 8 nitrogen and oxygen atoms in total. The average Bonchev–Trinajstić information content (AvgIpc) is 3.47. The van der Waals surface area contributed by atoms with E-state index in [1.165, 1.54) is 5.06 Å². The number of fused-ring (bicyclic) bond motifs is 1. The predicted octanol–water partition coefficient (Wildman–Crippen LogP) is 6.94. The maximum atomic E-state index is 12.9. The van der Waals surface area contributed by atoms with Gasteiger partial charge >= 0.3 is 5.97 Å². The molecule has 8 heteroatoms. The standard InChI is InChI=1S/C38H41N3O5/c1-5-41-36(38(42)43)35(28-18-29-22-40(4)17-16-32(29)39-21-28)37(46-41)31-19-30(25(2)3)33(44-23-26-12-8-6-9-13-26)20-34(31)45-24-27-14-10-7-11-15-27/h6-15,18-21,25,36H,5,16-17,22-24H2,1-4H3,(H,42,43). The second-order valence-corrected chi connectivity index (χ2v) is 12.2. The monoisotopic (exact) mass is 619 g/mol. The van der Waals surface area contributed by atoms with Crippen molar-refractivity contribution in [2.24, 2.45) is 0 Å². The maximum Gasteiger partial charge on any atom is 0.329 e. The maximum absolute atomic E-state index is 12.9. The van der Waals surface area contributed by atoms with E-state index in [9.17, 15) is 9.90 Å². The van der Waals surface area contributed by atoms with Crippen LogP contribution in [0.3, 0.4) is 0 Å². The second kappa shape index (κ2) is 13.8. The van der Waals surface area contributed by atoms with Crippen molar-refractivity contribution in [3.8, 4) is 11.5 Å². The molecule has 2 aliphatic heterocycles. The van der Waals surface area contributed by atoms with Gasteiger partial charge in [-0.05, 0) is 54.3 Å². The van der Waals surface area contributed by atoms with Gasteiger partial charge in [0.2, 0.25) is 0 Å². The predicted molar refractivity (Wildman–Crippen MR) is 178 cm³/mol. The van der Waals surface area contributed by atoms with Gasteiger partial charge in [0.05, 0.1) is 5.56 Å². The Morgan fingerprint density at radius 1 is 0.978 bits per heavy atom. The fourth-order valence-electron chi connectivity index (χ4n) is 6.10. The number of carbonyl (C=O) groups is 1. The highest BCUT2D eigenvalue weighted by molar-refractivity contribution is 6.02. The second-order valence-electron chi connectivity index (χ2n) is 12.2. The molecule has 0 bridgehead atoms. The Morgan fingerprint density at radius 3 is 2.24 bits per heavy atom. The van der Waals surface area contributed by atoms with Gasteiger partial charge in [0.15, 0.2) is 11.8 Å². The molecule has 0 aliphatic carbocycles. The summed E-state index contributed by atoms with van der Waals surface area (Å²) < 4.78 is 13.0. The topological polar surface area (TPSA) is 84.4 Å². The van der Waals surface area contributed by atoms with Crippen LogP contribution < -0.4 is 9.47 Å². The number of carboxylic acids is 1. The highest BCUT2D eigenvalue weighted by Crippen LogP contribution is 2.45. The number of rotatable bonds is 11. The first-order valence-electron chi connectivity index (χ1n) is 15.9. The molecule has 0 fully saturated rings. The lowest BCUT2D eigenvalue weighted by atomic mass is 9.91. The molecule has 238 valence electrons. The first kappa shape index (κ1) is 31.3. The van der Waals surface area contributed by atoms with E-state index in [-0.39, 0.29) is 5.92 Å². The zero-order valence-electron chi connectivity index (χ0n) is 26.9. The lowest BCUT2D eigenvalue weighted by Gasteiger charge is -2.25. The Hall–Kier alpha value is -4.66. The summed E-state index contributed by atoms with van der Waals surface area (Å²) in [6.07, 6.45) is 2.65. The number of carboxylic acid groups (broad SMARTS) is 1. The van der Waals surface area contributed by atoms with E-state index < -0.39 is 12.0 Å². The zero-order valence-corrected chi connectivity index (χ0v) is 26.9. The minimum absolute atomic E-state index is 0.108. The van der Waals surface area contributed by atoms with E-state index in [1.54, 1.807) is 6.20 Å². The van der Waals surface area contributed by atoms with Crippen LogP contribution in [0.25, 0.3) is 11.3 Å². The van der Waals surface area contributed by atoms with Crippen LogP contribution in [0, 0.1) is 0 Å². The zero-order chi connectivity index (χ0) is 32.2. The molecule has 1 unspecified atom stereocenters. The summed E-state index contributed by atoms with van der Waals surface area (Å²) >= 11 is 0. The Bertz CT molecular complexity index is 1720. The van der Waals surface area contributed by atoms with Gasteiger partial charge in [-0.1, -0.05) is 74.5 Å². The van der Waals surface area contributed by atoms with Gasteiger partial charge in [-0.2, -0.15) is 0 Å². The summed E-state index contributed by atoms with van der Waals surface area (Å²) in [5.74, 6) is 0.847. The van der Waals surface area contributed by atoms with Gasteiger partial charge in [0.25, 0.3) is 0 Å². The Kier molecular flexibility index (Phi) is 9.38. The third-order valence-corrected chi connectivity index (χ3v) is 8.55. The fraction of sp³-hybridized carbons (Fsp3) is 0.316. The van der Waals surface area contributed by atoms with Crippen molar-refractivity contribution in [1.29, 1.82) is 0 Å². The number of hydrogen-bond acceptors (Lipinski definition) is 7. The van der Waals surface area contributed by atoms with E-state index in [1.807, 2.05) is 79.7 Å². The average molecular weight is 620 g/mol. The van der Waals surface area contributed by atoms with Crippen LogP contribution >= 0.6 is 0 Å². The summed E-state index contributed by atoms with van der Waals surface area (Å²) in [6.45, 7) is 8.93. The number of nitrogens with zero attached hydrogens (tertiary/aromatic N) is 3. The minimum atomic E-state index is -1.01. The highest BCUT2D eigenvalue weighted by atomic mass is 16.7. The fourth-order valence-corrected chi connectivity index (χ4v) is 6.10. The number of likely N-dealkylation sites (N-methyl/N-ethyl adjacent to an activating group) is 2. The van der Waals surface area contributed by atoms with Gasteiger partial charge in [0.1, 0.15) is 24.7 Å². The molecule has 6 rings (SSSR count). The molecule has 0 radical (unpaired) electrons. The van der Waals surface area contributed by atoms with Crippen molar-refractivity contribution in [2.45, 2.75) is 58.9 Å². The van der Waals surface area contributed by atoms with Crippen molar-refractivity contribution >= 4 is 17.3 Å². The van der Waals surface area contributed by atoms with E-state index in [0.717, 1.165) is 53.0 Å². The van der Waals surface area contributed by atoms with Gasteiger partial charge in [-0.25, -0.2) is 0 Å². The summed E-state index contributed by atoms with van der Waals surface area (Å²) in [6, 6.07) is 25.0. The van der Waals surface area contributed by atoms with Crippen LogP contribution in [-0.4, -0.2) is 52.2 Å². The smallest absolute Gasteiger partial charge is 0.329 e. The summed E-state index contributed by atoms with van der Waals surface area (Å²) in [4.78, 5) is 26.4. The number of hydrogen-bond donors (Lipinski definition) is 1. The quantitative estimate of drug-likeness (QED) is 0.193. The molecular formula is C38H41N3O5. The third kappa shape index (κ3) is 6.64. The molecular weight excluding hydrogens is 578 g/mol. The van der Waals surface area contributed by atoms with Crippen LogP contribution in [0.1, 0.15) is 65.8 Å². The van der Waals surface area contributed by atoms with E-state index in [2.05, 4.69) is 31.9 Å². The Balaban J connectivity index is 1.51. The molecule has 0 saturated carbocycles. The third-order valence-electron chi connectivity index (χ3n) is 8.55. The number of ether oxygens (including phenoxy) is 2. The molecule has 4 aromatic rings. The normalized spacial score (nSPS) is 16.8. The van der Waals surface area contributed by atoms with Gasteiger partial charge in [0, 0.05) is 55.1 Å². The summed E-state index contributed by atoms with van der Waals surface area (Å²) in [7, 11) is 2.09. The Labute approximate surface area is 270 Å². The SMILES string of the molecule is CCN1OC(c2cc(C(C)C)c(OCc3ccccc3)cc2OCc2ccccc2)=C(c2cnc3c(c2)CN(C)CC3)C1C(=O)O. The van der Waals surface area contributed by atoms with E-state index in [4.69, 9.17) is 19.3 Å². The highest BCUT2D eigenvalue weighted by Gasteiger charge is 2.42. The molecule has 3 aromatic carbocycles. The molecule has 0 amide bonds. The number of aromatic nitrogens is 1. The first-order valence-corrected chi connectivity index (χ1v) is 15.9. The molecule has 1 aromatic heterocycles. The van der Waals surface area contributed by atoms with Gasteiger partial charge in [-0.15, -0.1) is 5.06 Å². The Morgan fingerprint density at radius 2 is 1.63 bits per heavy atom. The van der Waals surface area contributed by atoms with Crippen LogP contribution in [0.2, 0.25) is 0 Å². The largest absolute Gasteiger partial charge is 0.488 e. The molecule has 1 atom stereocenters. The van der Waals surface area contributed by atoms with Crippen molar-refractivity contribution in [1.82, 2.24) is 14.9 Å². The molecule has 0 saturated heterocycles. The number of hydroxylamine groups is 2. The van der Waals surface area contributed by atoms with E-state index in [0.29, 0.717) is 48.2 Å². The van der Waals surface area contributed by atoms with Crippen LogP contribution in [0.5, 0.6) is 11.5 Å². The van der Waals surface area contributed by atoms with E-state index >= 15 is 0 Å². The lowest BCUT2D eigenvalue weighted by molar-refractivity contribution is -0.154. The number of aliphatic carboxylic acids is 1. The lowest BCUT2D eigenvalue weighted by Crippen LogP contribution is -2.37. The van der Waals surface area contributed by atoms with Crippen molar-refractivity contribution in [2.75, 3.05) is 20.1 Å². The van der Waals surface area contributed by atoms with Crippen molar-refractivity contribution in [3.63, 3.8) is 0 Å². The summed E-state index contributed by atoms with van der Waals surface area (Å²) in [5.41, 5.74) is 7.18. The number of benzene rings is 3. The van der Waals surface area contributed by atoms with Crippen LogP contribution in [0.15, 0.2) is 85.1 Å². The molecule has 3 heterocycles. The van der Waals surface area contributed by atoms with Gasteiger partial charge < -0.3 is 24.3 Å². The van der Waals surface area contributed by atoms with Crippen molar-refractivity contribution in [3.05, 3.63) is 124 Å². The van der Waals surface area contributed by atoms with Gasteiger partial charge in [-0.3, -0.25) is 9.78 Å². The van der Waals surface area contributed by atoms with Crippen LogP contribution in [0.4, 0.5) is 0 Å². The molecule has 1 N–H and O–H groups in total. The number of pyridine rings is 1. The van der Waals surface area contributed by atoms with Crippen LogP contribution in [-0.2, 0) is 35.8 Å². The summed E-state index contributed by atoms with van der Waals surface area (Å²) in [5, 5.41) is 12.1.